The average molecular weight is 298 g/mol. The van der Waals surface area contributed by atoms with Gasteiger partial charge >= 0.3 is 0 Å². The predicted molar refractivity (Wildman–Crippen MR) is 87.1 cm³/mol. The van der Waals surface area contributed by atoms with E-state index in [4.69, 9.17) is 11.6 Å². The number of benzene rings is 2. The molecule has 3 nitrogen and oxygen atoms in total. The fourth-order valence-corrected chi connectivity index (χ4v) is 2.42. The lowest BCUT2D eigenvalue weighted by Gasteiger charge is -2.08. The monoisotopic (exact) mass is 297 g/mol. The Kier molecular flexibility index (Phi) is 3.93. The van der Waals surface area contributed by atoms with E-state index in [1.807, 2.05) is 72.4 Å². The zero-order chi connectivity index (χ0) is 14.7. The molecule has 0 unspecified atom stereocenters. The number of hydrogen-bond acceptors (Lipinski definition) is 2. The molecule has 0 saturated carbocycles. The Morgan fingerprint density at radius 3 is 2.67 bits per heavy atom. The highest BCUT2D eigenvalue weighted by Gasteiger charge is 2.03. The summed E-state index contributed by atoms with van der Waals surface area (Å²) in [7, 11) is 0. The molecule has 4 heteroatoms. The lowest BCUT2D eigenvalue weighted by Crippen LogP contribution is -2.03. The fourth-order valence-electron chi connectivity index (χ4n) is 2.19. The van der Waals surface area contributed by atoms with E-state index < -0.39 is 0 Å². The van der Waals surface area contributed by atoms with Crippen LogP contribution in [0.25, 0.3) is 5.69 Å². The Morgan fingerprint density at radius 2 is 1.90 bits per heavy atom. The van der Waals surface area contributed by atoms with Crippen molar-refractivity contribution in [2.75, 3.05) is 5.32 Å². The lowest BCUT2D eigenvalue weighted by molar-refractivity contribution is 0.844. The molecule has 0 amide bonds. The summed E-state index contributed by atoms with van der Waals surface area (Å²) in [6.07, 6.45) is 1.97. The number of anilines is 1. The van der Waals surface area contributed by atoms with Crippen LogP contribution in [0.4, 0.5) is 5.69 Å². The van der Waals surface area contributed by atoms with Crippen molar-refractivity contribution in [3.8, 4) is 5.69 Å². The quantitative estimate of drug-likeness (QED) is 0.771. The molecule has 21 heavy (non-hydrogen) atoms. The number of aryl methyl sites for hydroxylation is 1. The molecule has 3 rings (SSSR count). The van der Waals surface area contributed by atoms with Crippen molar-refractivity contribution in [1.82, 2.24) is 9.78 Å². The van der Waals surface area contributed by atoms with E-state index in [9.17, 15) is 0 Å². The Hall–Kier alpha value is -2.26. The number of halogens is 1. The van der Waals surface area contributed by atoms with Gasteiger partial charge in [-0.05, 0) is 48.9 Å². The highest BCUT2D eigenvalue weighted by Crippen LogP contribution is 2.20. The molecule has 0 fully saturated rings. The molecule has 106 valence electrons. The summed E-state index contributed by atoms with van der Waals surface area (Å²) >= 11 is 5.96. The van der Waals surface area contributed by atoms with E-state index in [0.29, 0.717) is 6.54 Å². The molecule has 1 N–H and O–H groups in total. The van der Waals surface area contributed by atoms with Crippen molar-refractivity contribution in [1.29, 1.82) is 0 Å². The smallest absolute Gasteiger partial charge is 0.0819 e. The Morgan fingerprint density at radius 1 is 1.10 bits per heavy atom. The molecular weight excluding hydrogens is 282 g/mol. The van der Waals surface area contributed by atoms with Gasteiger partial charge in [0.25, 0.3) is 0 Å². The Labute approximate surface area is 129 Å². The number of rotatable bonds is 4. The largest absolute Gasteiger partial charge is 0.379 e. The molecule has 0 aliphatic carbocycles. The van der Waals surface area contributed by atoms with Gasteiger partial charge in [0.1, 0.15) is 0 Å². The fraction of sp³-hybridized carbons (Fsp3) is 0.118. The van der Waals surface area contributed by atoms with Gasteiger partial charge in [-0.3, -0.25) is 0 Å². The Balaban J connectivity index is 1.70. The van der Waals surface area contributed by atoms with Gasteiger partial charge < -0.3 is 5.32 Å². The number of nitrogens with one attached hydrogen (secondary N) is 1. The third kappa shape index (κ3) is 3.26. The van der Waals surface area contributed by atoms with Gasteiger partial charge in [0.2, 0.25) is 0 Å². The van der Waals surface area contributed by atoms with E-state index in [1.165, 1.54) is 0 Å². The second-order valence-electron chi connectivity index (χ2n) is 4.90. The molecule has 0 spiro atoms. The standard InChI is InChI=1S/C17H16ClN3/c1-13-11-14(18)7-8-17(13)19-12-15-9-10-21(20-15)16-5-3-2-4-6-16/h2-11,19H,12H2,1H3. The van der Waals surface area contributed by atoms with Crippen LogP contribution in [-0.2, 0) is 6.54 Å². The maximum atomic E-state index is 5.96. The zero-order valence-electron chi connectivity index (χ0n) is 11.8. The van der Waals surface area contributed by atoms with Crippen LogP contribution >= 0.6 is 11.6 Å². The summed E-state index contributed by atoms with van der Waals surface area (Å²) in [6.45, 7) is 2.72. The van der Waals surface area contributed by atoms with Gasteiger partial charge in [-0.15, -0.1) is 0 Å². The molecule has 3 aromatic rings. The number of para-hydroxylation sites is 1. The van der Waals surface area contributed by atoms with E-state index in [0.717, 1.165) is 27.7 Å². The average Bonchev–Trinajstić information content (AvgIpc) is 2.96. The maximum absolute atomic E-state index is 5.96. The topological polar surface area (TPSA) is 29.9 Å². The SMILES string of the molecule is Cc1cc(Cl)ccc1NCc1ccn(-c2ccccc2)n1. The van der Waals surface area contributed by atoms with Crippen LogP contribution in [-0.4, -0.2) is 9.78 Å². The van der Waals surface area contributed by atoms with E-state index in [-0.39, 0.29) is 0 Å². The van der Waals surface area contributed by atoms with Crippen molar-refractivity contribution in [2.45, 2.75) is 13.5 Å². The van der Waals surface area contributed by atoms with Gasteiger partial charge in [-0.25, -0.2) is 4.68 Å². The summed E-state index contributed by atoms with van der Waals surface area (Å²) in [5.74, 6) is 0. The number of aromatic nitrogens is 2. The van der Waals surface area contributed by atoms with Crippen LogP contribution in [0.1, 0.15) is 11.3 Å². The molecule has 1 heterocycles. The Bertz CT molecular complexity index is 735. The van der Waals surface area contributed by atoms with Gasteiger partial charge in [0.05, 0.1) is 17.9 Å². The summed E-state index contributed by atoms with van der Waals surface area (Å²) < 4.78 is 1.88. The molecule has 0 atom stereocenters. The third-order valence-electron chi connectivity index (χ3n) is 3.31. The van der Waals surface area contributed by atoms with E-state index >= 15 is 0 Å². The van der Waals surface area contributed by atoms with Crippen LogP contribution < -0.4 is 5.32 Å². The minimum Gasteiger partial charge on any atom is -0.379 e. The summed E-state index contributed by atoms with van der Waals surface area (Å²) in [4.78, 5) is 0. The van der Waals surface area contributed by atoms with Crippen molar-refractivity contribution in [2.24, 2.45) is 0 Å². The summed E-state index contributed by atoms with van der Waals surface area (Å²) in [5, 5.41) is 8.71. The van der Waals surface area contributed by atoms with Gasteiger partial charge in [-0.1, -0.05) is 29.8 Å². The lowest BCUT2D eigenvalue weighted by atomic mass is 10.2. The highest BCUT2D eigenvalue weighted by molar-refractivity contribution is 6.30. The minimum absolute atomic E-state index is 0.683. The number of nitrogens with zero attached hydrogens (tertiary/aromatic N) is 2. The molecule has 0 radical (unpaired) electrons. The van der Waals surface area contributed by atoms with Crippen molar-refractivity contribution >= 4 is 17.3 Å². The van der Waals surface area contributed by atoms with Crippen LogP contribution in [0.5, 0.6) is 0 Å². The van der Waals surface area contributed by atoms with Gasteiger partial charge in [0, 0.05) is 16.9 Å². The third-order valence-corrected chi connectivity index (χ3v) is 3.55. The van der Waals surface area contributed by atoms with Crippen LogP contribution in [0.15, 0.2) is 60.8 Å². The van der Waals surface area contributed by atoms with Crippen LogP contribution in [0, 0.1) is 6.92 Å². The van der Waals surface area contributed by atoms with Crippen molar-refractivity contribution in [3.05, 3.63) is 77.1 Å². The summed E-state index contributed by atoms with van der Waals surface area (Å²) in [5.41, 5.74) is 4.26. The van der Waals surface area contributed by atoms with Crippen LogP contribution in [0.2, 0.25) is 5.02 Å². The van der Waals surface area contributed by atoms with Gasteiger partial charge in [0.15, 0.2) is 0 Å². The normalized spacial score (nSPS) is 10.6. The molecule has 0 bridgehead atoms. The molecule has 1 aromatic heterocycles. The first kappa shape index (κ1) is 13.7. The van der Waals surface area contributed by atoms with Crippen molar-refractivity contribution in [3.63, 3.8) is 0 Å². The molecule has 0 aliphatic rings. The van der Waals surface area contributed by atoms with Gasteiger partial charge in [-0.2, -0.15) is 5.10 Å². The van der Waals surface area contributed by atoms with Crippen molar-refractivity contribution < 1.29 is 0 Å². The first-order valence-electron chi connectivity index (χ1n) is 6.82. The molecule has 2 aromatic carbocycles. The van der Waals surface area contributed by atoms with Crippen LogP contribution in [0.3, 0.4) is 0 Å². The highest BCUT2D eigenvalue weighted by atomic mass is 35.5. The maximum Gasteiger partial charge on any atom is 0.0819 e. The van der Waals surface area contributed by atoms with E-state index in [2.05, 4.69) is 10.4 Å². The first-order chi connectivity index (χ1) is 10.2. The second-order valence-corrected chi connectivity index (χ2v) is 5.34. The van der Waals surface area contributed by atoms with E-state index in [1.54, 1.807) is 0 Å². The molecule has 0 aliphatic heterocycles. The minimum atomic E-state index is 0.683. The molecule has 0 saturated heterocycles. The zero-order valence-corrected chi connectivity index (χ0v) is 12.5. The number of hydrogen-bond donors (Lipinski definition) is 1. The first-order valence-corrected chi connectivity index (χ1v) is 7.20. The molecular formula is C17H16ClN3. The second kappa shape index (κ2) is 6.02. The predicted octanol–water partition coefficient (Wildman–Crippen LogP) is 4.45. The summed E-state index contributed by atoms with van der Waals surface area (Å²) in [6, 6.07) is 17.9.